The molecule has 4 rings (SSSR count). The van der Waals surface area contributed by atoms with E-state index >= 15 is 0 Å². The van der Waals surface area contributed by atoms with E-state index in [9.17, 15) is 24.3 Å². The number of hydrogen-bond acceptors (Lipinski definition) is 5. The molecule has 0 aliphatic carbocycles. The number of nitrogens with zero attached hydrogens (tertiary/aromatic N) is 3. The second-order valence-corrected chi connectivity index (χ2v) is 7.64. The van der Waals surface area contributed by atoms with Crippen molar-refractivity contribution in [2.24, 2.45) is 0 Å². The lowest BCUT2D eigenvalue weighted by atomic mass is 10.1. The Kier molecular flexibility index (Phi) is 5.39. The van der Waals surface area contributed by atoms with E-state index in [1.807, 2.05) is 25.3 Å². The van der Waals surface area contributed by atoms with Crippen molar-refractivity contribution >= 4 is 35.6 Å². The Bertz CT molecular complexity index is 1350. The van der Waals surface area contributed by atoms with Gasteiger partial charge in [0.05, 0.1) is 17.4 Å². The van der Waals surface area contributed by atoms with Crippen LogP contribution < -0.4 is 10.2 Å². The van der Waals surface area contributed by atoms with Gasteiger partial charge in [0.1, 0.15) is 5.57 Å². The molecule has 4 amide bonds. The number of imide groups is 2. The molecular formula is C24H20N4O5. The molecule has 0 bridgehead atoms. The molecule has 1 aliphatic rings. The van der Waals surface area contributed by atoms with Gasteiger partial charge in [0, 0.05) is 23.3 Å². The molecule has 0 spiro atoms. The highest BCUT2D eigenvalue weighted by molar-refractivity contribution is 6.39. The van der Waals surface area contributed by atoms with Crippen LogP contribution in [0.1, 0.15) is 32.9 Å². The number of aromatic carboxylic acids is 1. The van der Waals surface area contributed by atoms with Crippen molar-refractivity contribution in [3.05, 3.63) is 82.4 Å². The first-order valence-corrected chi connectivity index (χ1v) is 10.0. The monoisotopic (exact) mass is 444 g/mol. The van der Waals surface area contributed by atoms with Crippen LogP contribution >= 0.6 is 0 Å². The quantitative estimate of drug-likeness (QED) is 0.471. The molecule has 1 saturated heterocycles. The molecule has 3 heterocycles. The highest BCUT2D eigenvalue weighted by Crippen LogP contribution is 2.27. The molecule has 0 radical (unpaired) electrons. The Hall–Kier alpha value is -4.53. The number of aromatic nitrogens is 2. The van der Waals surface area contributed by atoms with E-state index in [0.717, 1.165) is 16.2 Å². The Labute approximate surface area is 189 Å². The number of rotatable bonds is 4. The molecule has 0 saturated carbocycles. The van der Waals surface area contributed by atoms with Gasteiger partial charge >= 0.3 is 12.0 Å². The van der Waals surface area contributed by atoms with Crippen molar-refractivity contribution < 1.29 is 24.3 Å². The van der Waals surface area contributed by atoms with Crippen molar-refractivity contribution in [1.29, 1.82) is 0 Å². The van der Waals surface area contributed by atoms with E-state index in [1.54, 1.807) is 30.3 Å². The van der Waals surface area contributed by atoms with Gasteiger partial charge < -0.3 is 9.67 Å². The van der Waals surface area contributed by atoms with Crippen LogP contribution in [0.5, 0.6) is 0 Å². The van der Waals surface area contributed by atoms with Crippen LogP contribution in [0.25, 0.3) is 11.8 Å². The van der Waals surface area contributed by atoms with Gasteiger partial charge in [-0.15, -0.1) is 0 Å². The number of carboxylic acids is 1. The van der Waals surface area contributed by atoms with Gasteiger partial charge in [0.2, 0.25) is 0 Å². The number of carboxylic acid groups (broad SMARTS) is 1. The molecule has 3 aromatic rings. The summed E-state index contributed by atoms with van der Waals surface area (Å²) in [5, 5.41) is 11.6. The average molecular weight is 444 g/mol. The van der Waals surface area contributed by atoms with E-state index in [-0.39, 0.29) is 16.8 Å². The Balaban J connectivity index is 1.80. The summed E-state index contributed by atoms with van der Waals surface area (Å²) in [6, 6.07) is 8.91. The van der Waals surface area contributed by atoms with E-state index < -0.39 is 23.8 Å². The first-order valence-electron chi connectivity index (χ1n) is 10.0. The lowest BCUT2D eigenvalue weighted by Gasteiger charge is -2.26. The Morgan fingerprint density at radius 2 is 1.85 bits per heavy atom. The summed E-state index contributed by atoms with van der Waals surface area (Å²) in [6.07, 6.45) is 4.30. The zero-order chi connectivity index (χ0) is 23.9. The van der Waals surface area contributed by atoms with Gasteiger partial charge in [-0.3, -0.25) is 19.9 Å². The van der Waals surface area contributed by atoms with Crippen molar-refractivity contribution in [2.45, 2.75) is 20.8 Å². The topological polar surface area (TPSA) is 122 Å². The maximum Gasteiger partial charge on any atom is 0.336 e. The number of carbonyl (C=O) groups excluding carboxylic acids is 3. The van der Waals surface area contributed by atoms with Crippen LogP contribution in [0.15, 0.2) is 54.4 Å². The molecule has 9 heteroatoms. The van der Waals surface area contributed by atoms with Crippen LogP contribution in [0.3, 0.4) is 0 Å². The smallest absolute Gasteiger partial charge is 0.336 e. The third-order valence-corrected chi connectivity index (χ3v) is 5.47. The molecule has 9 nitrogen and oxygen atoms in total. The summed E-state index contributed by atoms with van der Waals surface area (Å²) in [4.78, 5) is 54.1. The molecule has 1 aliphatic heterocycles. The summed E-state index contributed by atoms with van der Waals surface area (Å²) >= 11 is 0. The second kappa shape index (κ2) is 8.19. The number of hydrogen-bond donors (Lipinski definition) is 2. The first-order chi connectivity index (χ1) is 15.7. The van der Waals surface area contributed by atoms with Crippen LogP contribution in [0.2, 0.25) is 0 Å². The van der Waals surface area contributed by atoms with Crippen LogP contribution in [-0.2, 0) is 9.59 Å². The van der Waals surface area contributed by atoms with E-state index in [1.165, 1.54) is 24.5 Å². The van der Waals surface area contributed by atoms with Crippen molar-refractivity contribution in [3.8, 4) is 5.69 Å². The van der Waals surface area contributed by atoms with E-state index in [0.29, 0.717) is 16.9 Å². The standard InChI is InChI=1S/C24H20N4O5/c1-13-6-7-16(23(31)32)11-20(13)27-14(2)9-17(15(27)3)10-19-21(29)26-24(33)28(22(19)30)18-5-4-8-25-12-18/h4-12H,1-3H3,(H,31,32)(H,26,29,33)/b19-10+. The fourth-order valence-corrected chi connectivity index (χ4v) is 3.82. The van der Waals surface area contributed by atoms with Gasteiger partial charge in [-0.1, -0.05) is 6.07 Å². The second-order valence-electron chi connectivity index (χ2n) is 7.64. The van der Waals surface area contributed by atoms with Crippen molar-refractivity contribution in [2.75, 3.05) is 4.90 Å². The molecule has 166 valence electrons. The summed E-state index contributed by atoms with van der Waals surface area (Å²) in [7, 11) is 0. The zero-order valence-electron chi connectivity index (χ0n) is 18.1. The van der Waals surface area contributed by atoms with Gasteiger partial charge in [-0.05, 0) is 68.3 Å². The van der Waals surface area contributed by atoms with Crippen LogP contribution in [-0.4, -0.2) is 38.5 Å². The minimum Gasteiger partial charge on any atom is -0.478 e. The zero-order valence-corrected chi connectivity index (χ0v) is 18.1. The number of aryl methyl sites for hydroxylation is 2. The van der Waals surface area contributed by atoms with Gasteiger partial charge in [-0.2, -0.15) is 0 Å². The van der Waals surface area contributed by atoms with E-state index in [2.05, 4.69) is 10.3 Å². The maximum atomic E-state index is 13.1. The Morgan fingerprint density at radius 1 is 1.09 bits per heavy atom. The number of carbonyl (C=O) groups is 4. The van der Waals surface area contributed by atoms with Crippen molar-refractivity contribution in [1.82, 2.24) is 14.9 Å². The van der Waals surface area contributed by atoms with Crippen molar-refractivity contribution in [3.63, 3.8) is 0 Å². The van der Waals surface area contributed by atoms with E-state index in [4.69, 9.17) is 0 Å². The van der Waals surface area contributed by atoms with Crippen LogP contribution in [0.4, 0.5) is 10.5 Å². The van der Waals surface area contributed by atoms with Gasteiger partial charge in [-0.25, -0.2) is 14.5 Å². The number of amides is 4. The number of benzene rings is 1. The molecule has 0 unspecified atom stereocenters. The summed E-state index contributed by atoms with van der Waals surface area (Å²) in [6.45, 7) is 5.52. The molecule has 1 aromatic carbocycles. The molecular weight excluding hydrogens is 424 g/mol. The molecule has 33 heavy (non-hydrogen) atoms. The predicted octanol–water partition coefficient (Wildman–Crippen LogP) is 3.16. The van der Waals surface area contributed by atoms with Gasteiger partial charge in [0.25, 0.3) is 11.8 Å². The summed E-state index contributed by atoms with van der Waals surface area (Å²) in [5.74, 6) is -2.59. The minimum atomic E-state index is -1.04. The lowest BCUT2D eigenvalue weighted by Crippen LogP contribution is -2.54. The minimum absolute atomic E-state index is 0.149. The third-order valence-electron chi connectivity index (χ3n) is 5.47. The normalized spacial score (nSPS) is 15.2. The lowest BCUT2D eigenvalue weighted by molar-refractivity contribution is -0.122. The first kappa shape index (κ1) is 21.7. The summed E-state index contributed by atoms with van der Waals surface area (Å²) in [5.41, 5.74) is 3.81. The maximum absolute atomic E-state index is 13.1. The predicted molar refractivity (Wildman–Crippen MR) is 120 cm³/mol. The molecule has 2 N–H and O–H groups in total. The third kappa shape index (κ3) is 3.80. The average Bonchev–Trinajstić information content (AvgIpc) is 3.05. The highest BCUT2D eigenvalue weighted by Gasteiger charge is 2.37. The van der Waals surface area contributed by atoms with Crippen LogP contribution in [0, 0.1) is 20.8 Å². The number of barbiturate groups is 1. The number of urea groups is 1. The highest BCUT2D eigenvalue weighted by atomic mass is 16.4. The SMILES string of the molecule is Cc1ccc(C(=O)O)cc1-n1c(C)cc(/C=C2\C(=O)NC(=O)N(c3cccnc3)C2=O)c1C. The largest absolute Gasteiger partial charge is 0.478 e. The fourth-order valence-electron chi connectivity index (χ4n) is 3.82. The number of anilines is 1. The Morgan fingerprint density at radius 3 is 2.52 bits per heavy atom. The summed E-state index contributed by atoms with van der Waals surface area (Å²) < 4.78 is 1.86. The number of pyridine rings is 1. The van der Waals surface area contributed by atoms with Gasteiger partial charge in [0.15, 0.2) is 0 Å². The molecule has 1 fully saturated rings. The fraction of sp³-hybridized carbons (Fsp3) is 0.125. The molecule has 0 atom stereocenters. The number of nitrogens with one attached hydrogen (secondary N) is 1. The molecule has 2 aromatic heterocycles.